The fourth-order valence-electron chi connectivity index (χ4n) is 2.69. The minimum absolute atomic E-state index is 0.152. The van der Waals surface area contributed by atoms with Crippen molar-refractivity contribution in [1.29, 1.82) is 0 Å². The molecule has 0 saturated carbocycles. The summed E-state index contributed by atoms with van der Waals surface area (Å²) in [5, 5.41) is 0. The number of carbonyl (C=O) groups excluding carboxylic acids is 1. The Morgan fingerprint density at radius 1 is 1.52 bits per heavy atom. The molecule has 1 aromatic heterocycles. The number of likely N-dealkylation sites (tertiary alicyclic amines) is 1. The summed E-state index contributed by atoms with van der Waals surface area (Å²) < 4.78 is 54.0. The monoisotopic (exact) mass is 365 g/mol. The van der Waals surface area contributed by atoms with Crippen LogP contribution < -0.4 is 5.56 Å². The Morgan fingerprint density at radius 3 is 2.88 bits per heavy atom. The quantitative estimate of drug-likeness (QED) is 0.779. The maximum absolute atomic E-state index is 12.8. The number of hydrogen-bond acceptors (Lipinski definition) is 4. The van der Waals surface area contributed by atoms with Gasteiger partial charge in [-0.15, -0.1) is 0 Å². The van der Waals surface area contributed by atoms with E-state index in [2.05, 4.69) is 14.7 Å². The van der Waals surface area contributed by atoms with E-state index >= 15 is 0 Å². The molecule has 1 unspecified atom stereocenters. The topological polar surface area (TPSA) is 75.3 Å². The third-order valence-electron chi connectivity index (χ3n) is 3.91. The molecule has 1 aliphatic rings. The lowest BCUT2D eigenvalue weighted by Gasteiger charge is -2.32. The number of ether oxygens (including phenoxy) is 1. The molecule has 0 radical (unpaired) electrons. The van der Waals surface area contributed by atoms with E-state index in [9.17, 15) is 27.2 Å². The number of nitrogens with one attached hydrogen (secondary N) is 1. The summed E-state index contributed by atoms with van der Waals surface area (Å²) in [6, 6.07) is 1.37. The van der Waals surface area contributed by atoms with Crippen molar-refractivity contribution in [3.8, 4) is 0 Å². The minimum atomic E-state index is -4.28. The van der Waals surface area contributed by atoms with Gasteiger partial charge >= 0.3 is 12.3 Å². The van der Waals surface area contributed by atoms with Gasteiger partial charge in [0.1, 0.15) is 19.0 Å². The molecule has 1 aromatic rings. The van der Waals surface area contributed by atoms with E-state index in [4.69, 9.17) is 0 Å². The van der Waals surface area contributed by atoms with Gasteiger partial charge in [0, 0.05) is 25.1 Å². The molecule has 1 amide bonds. The molecule has 1 aliphatic heterocycles. The first-order valence-corrected chi connectivity index (χ1v) is 7.78. The second-order valence-corrected chi connectivity index (χ2v) is 5.99. The first-order valence-electron chi connectivity index (χ1n) is 7.78. The zero-order valence-corrected chi connectivity index (χ0v) is 13.6. The van der Waals surface area contributed by atoms with E-state index in [0.717, 1.165) is 6.42 Å². The number of H-pyrrole nitrogens is 1. The van der Waals surface area contributed by atoms with Crippen LogP contribution in [0.4, 0.5) is 17.6 Å². The van der Waals surface area contributed by atoms with Crippen LogP contribution in [-0.2, 0) is 9.53 Å². The predicted molar refractivity (Wildman–Crippen MR) is 79.9 cm³/mol. The van der Waals surface area contributed by atoms with Gasteiger partial charge < -0.3 is 14.6 Å². The molecule has 10 heteroatoms. The lowest BCUT2D eigenvalue weighted by atomic mass is 9.94. The third-order valence-corrected chi connectivity index (χ3v) is 3.91. The first kappa shape index (κ1) is 19.4. The number of amides is 1. The largest absolute Gasteiger partial charge is 0.365 e. The number of piperidine rings is 1. The maximum atomic E-state index is 12.8. The van der Waals surface area contributed by atoms with Crippen LogP contribution in [0.25, 0.3) is 0 Å². The van der Waals surface area contributed by atoms with Crippen LogP contribution in [0.1, 0.15) is 30.3 Å². The lowest BCUT2D eigenvalue weighted by molar-refractivity contribution is -0.171. The number of hydrogen-bond donors (Lipinski definition) is 1. The van der Waals surface area contributed by atoms with E-state index in [0.29, 0.717) is 24.5 Å². The van der Waals surface area contributed by atoms with Crippen molar-refractivity contribution in [2.24, 2.45) is 0 Å². The predicted octanol–water partition coefficient (Wildman–Crippen LogP) is 1.70. The van der Waals surface area contributed by atoms with Crippen molar-refractivity contribution in [1.82, 2.24) is 14.9 Å². The third kappa shape index (κ3) is 5.25. The molecule has 2 rings (SSSR count). The van der Waals surface area contributed by atoms with E-state index in [1.54, 1.807) is 6.92 Å². The molecule has 1 N–H and O–H groups in total. The summed E-state index contributed by atoms with van der Waals surface area (Å²) in [5.74, 6) is -4.53. The standard InChI is InChI=1S/C15H19F4N3O3/c1-9-20-11(5-12(23)21-9)10-3-2-4-22(6-10)13(24)7-25-8-15(18,19)14(16)17/h5,10,14H,2-4,6-8H2,1H3,(H,20,21,23). The molecule has 6 nitrogen and oxygen atoms in total. The summed E-state index contributed by atoms with van der Waals surface area (Å²) in [5.41, 5.74) is 0.271. The molecule has 0 spiro atoms. The summed E-state index contributed by atoms with van der Waals surface area (Å²) in [7, 11) is 0. The smallest absolute Gasteiger partial charge is 0.330 e. The number of nitrogens with zero attached hydrogens (tertiary/aromatic N) is 2. The first-order chi connectivity index (χ1) is 11.7. The molecule has 0 bridgehead atoms. The van der Waals surface area contributed by atoms with Gasteiger partial charge in [-0.05, 0) is 19.8 Å². The van der Waals surface area contributed by atoms with Gasteiger partial charge in [0.05, 0.1) is 5.69 Å². The molecular weight excluding hydrogens is 346 g/mol. The van der Waals surface area contributed by atoms with E-state index in [1.807, 2.05) is 0 Å². The van der Waals surface area contributed by atoms with Crippen LogP contribution in [0.15, 0.2) is 10.9 Å². The van der Waals surface area contributed by atoms with E-state index in [-0.39, 0.29) is 18.0 Å². The molecular formula is C15H19F4N3O3. The lowest BCUT2D eigenvalue weighted by Crippen LogP contribution is -2.42. The Balaban J connectivity index is 1.92. The van der Waals surface area contributed by atoms with Crippen molar-refractivity contribution < 1.29 is 27.1 Å². The van der Waals surface area contributed by atoms with Crippen molar-refractivity contribution >= 4 is 5.91 Å². The van der Waals surface area contributed by atoms with Crippen molar-refractivity contribution in [2.45, 2.75) is 38.0 Å². The second kappa shape index (κ2) is 7.94. The van der Waals surface area contributed by atoms with Gasteiger partial charge in [0.15, 0.2) is 0 Å². The fraction of sp³-hybridized carbons (Fsp3) is 0.667. The van der Waals surface area contributed by atoms with Crippen LogP contribution in [0.3, 0.4) is 0 Å². The molecule has 1 saturated heterocycles. The molecule has 1 atom stereocenters. The molecule has 1 fully saturated rings. The van der Waals surface area contributed by atoms with Crippen LogP contribution in [-0.4, -0.2) is 59.4 Å². The normalized spacial score (nSPS) is 18.6. The van der Waals surface area contributed by atoms with E-state index in [1.165, 1.54) is 11.0 Å². The van der Waals surface area contributed by atoms with Gasteiger partial charge in [0.25, 0.3) is 5.56 Å². The average molecular weight is 365 g/mol. The molecule has 2 heterocycles. The van der Waals surface area contributed by atoms with Gasteiger partial charge in [-0.25, -0.2) is 13.8 Å². The number of rotatable bonds is 6. The highest BCUT2D eigenvalue weighted by Crippen LogP contribution is 2.25. The average Bonchev–Trinajstić information content (AvgIpc) is 2.53. The highest BCUT2D eigenvalue weighted by atomic mass is 19.3. The molecule has 140 valence electrons. The van der Waals surface area contributed by atoms with E-state index < -0.39 is 31.5 Å². The van der Waals surface area contributed by atoms with Crippen LogP contribution in [0.5, 0.6) is 0 Å². The maximum Gasteiger partial charge on any atom is 0.330 e. The van der Waals surface area contributed by atoms with Crippen molar-refractivity contribution in [3.63, 3.8) is 0 Å². The molecule has 25 heavy (non-hydrogen) atoms. The highest BCUT2D eigenvalue weighted by Gasteiger charge is 2.41. The fourth-order valence-corrected chi connectivity index (χ4v) is 2.69. The van der Waals surface area contributed by atoms with Crippen LogP contribution in [0.2, 0.25) is 0 Å². The Kier molecular flexibility index (Phi) is 6.15. The number of alkyl halides is 4. The SMILES string of the molecule is Cc1nc(C2CCCN(C(=O)COCC(F)(F)C(F)F)C2)cc(=O)[nH]1. The summed E-state index contributed by atoms with van der Waals surface area (Å²) in [6.45, 7) is 0.114. The Morgan fingerprint density at radius 2 is 2.24 bits per heavy atom. The van der Waals surface area contributed by atoms with Gasteiger partial charge in [0.2, 0.25) is 5.91 Å². The van der Waals surface area contributed by atoms with Gasteiger partial charge in [-0.3, -0.25) is 9.59 Å². The van der Waals surface area contributed by atoms with Crippen LogP contribution in [0, 0.1) is 6.92 Å². The Hall–Kier alpha value is -1.97. The van der Waals surface area contributed by atoms with Crippen molar-refractivity contribution in [2.75, 3.05) is 26.3 Å². The highest BCUT2D eigenvalue weighted by molar-refractivity contribution is 5.77. The zero-order chi connectivity index (χ0) is 18.6. The summed E-state index contributed by atoms with van der Waals surface area (Å²) in [4.78, 5) is 31.8. The zero-order valence-electron chi connectivity index (χ0n) is 13.6. The van der Waals surface area contributed by atoms with Gasteiger partial charge in [-0.1, -0.05) is 0 Å². The summed E-state index contributed by atoms with van der Waals surface area (Å²) >= 11 is 0. The number of halogens is 4. The Bertz CT molecular complexity index is 666. The number of aromatic nitrogens is 2. The number of aryl methyl sites for hydroxylation is 1. The molecule has 0 aliphatic carbocycles. The summed E-state index contributed by atoms with van der Waals surface area (Å²) in [6.07, 6.45) is -2.46. The molecule has 0 aromatic carbocycles. The number of carbonyl (C=O) groups is 1. The number of aromatic amines is 1. The second-order valence-electron chi connectivity index (χ2n) is 5.99. The van der Waals surface area contributed by atoms with Crippen LogP contribution >= 0.6 is 0 Å². The van der Waals surface area contributed by atoms with Gasteiger partial charge in [-0.2, -0.15) is 8.78 Å². The van der Waals surface area contributed by atoms with Crippen molar-refractivity contribution in [3.05, 3.63) is 27.9 Å². The minimum Gasteiger partial charge on any atom is -0.365 e. The Labute approximate surface area is 141 Å².